The molecule has 0 saturated carbocycles. The third-order valence-corrected chi connectivity index (χ3v) is 7.79. The molecule has 0 saturated heterocycles. The van der Waals surface area contributed by atoms with Crippen LogP contribution in [-0.2, 0) is 0 Å². The van der Waals surface area contributed by atoms with Crippen LogP contribution in [0.1, 0.15) is 0 Å². The zero-order chi connectivity index (χ0) is 26.5. The minimum atomic E-state index is 0.912. The zero-order valence-electron chi connectivity index (χ0n) is 21.8. The Balaban J connectivity index is 1.29. The number of rotatable bonds is 4. The molecule has 0 aliphatic carbocycles. The molecule has 0 amide bonds. The summed E-state index contributed by atoms with van der Waals surface area (Å²) in [5.74, 6) is 0. The molecule has 2 nitrogen and oxygen atoms in total. The number of fused-ring (bicyclic) bond motifs is 5. The first kappa shape index (κ1) is 22.6. The van der Waals surface area contributed by atoms with Crippen LogP contribution in [0.3, 0.4) is 0 Å². The number of para-hydroxylation sites is 2. The molecule has 0 bridgehead atoms. The summed E-state index contributed by atoms with van der Waals surface area (Å²) < 4.78 is 8.68. The van der Waals surface area contributed by atoms with Gasteiger partial charge in [0, 0.05) is 16.5 Å². The Kier molecular flexibility index (Phi) is 5.17. The van der Waals surface area contributed by atoms with Crippen LogP contribution in [0.25, 0.3) is 72.0 Å². The molecule has 0 atom stereocenters. The molecule has 188 valence electrons. The van der Waals surface area contributed by atoms with Crippen molar-refractivity contribution < 1.29 is 4.42 Å². The van der Waals surface area contributed by atoms with Gasteiger partial charge in [-0.15, -0.1) is 0 Å². The van der Waals surface area contributed by atoms with E-state index in [4.69, 9.17) is 4.42 Å². The maximum atomic E-state index is 6.35. The highest BCUT2D eigenvalue weighted by molar-refractivity contribution is 6.16. The highest BCUT2D eigenvalue weighted by atomic mass is 16.3. The van der Waals surface area contributed by atoms with E-state index in [9.17, 15) is 0 Å². The summed E-state index contributed by atoms with van der Waals surface area (Å²) in [6.45, 7) is 0. The van der Waals surface area contributed by atoms with Crippen LogP contribution in [-0.4, -0.2) is 4.57 Å². The van der Waals surface area contributed by atoms with Crippen LogP contribution >= 0.6 is 0 Å². The number of furan rings is 1. The summed E-state index contributed by atoms with van der Waals surface area (Å²) in [5, 5.41) is 2.25. The van der Waals surface area contributed by atoms with Gasteiger partial charge in [-0.2, -0.15) is 0 Å². The summed E-state index contributed by atoms with van der Waals surface area (Å²) in [7, 11) is 0. The molecule has 2 aromatic heterocycles. The van der Waals surface area contributed by atoms with Gasteiger partial charge in [-0.25, -0.2) is 0 Å². The van der Waals surface area contributed by atoms with Crippen molar-refractivity contribution in [3.05, 3.63) is 152 Å². The maximum Gasteiger partial charge on any atom is 0.161 e. The molecular formula is C38H25NO. The fourth-order valence-electron chi connectivity index (χ4n) is 5.88. The van der Waals surface area contributed by atoms with E-state index in [0.29, 0.717) is 0 Å². The topological polar surface area (TPSA) is 18.1 Å². The monoisotopic (exact) mass is 511 g/mol. The largest absolute Gasteiger partial charge is 0.454 e. The second-order valence-corrected chi connectivity index (χ2v) is 10.2. The van der Waals surface area contributed by atoms with Gasteiger partial charge in [-0.05, 0) is 88.0 Å². The molecule has 2 heterocycles. The van der Waals surface area contributed by atoms with Crippen LogP contribution in [0.4, 0.5) is 0 Å². The van der Waals surface area contributed by atoms with Crippen molar-refractivity contribution in [3.63, 3.8) is 0 Å². The molecule has 40 heavy (non-hydrogen) atoms. The molecule has 0 aliphatic rings. The van der Waals surface area contributed by atoms with Gasteiger partial charge >= 0.3 is 0 Å². The molecule has 8 rings (SSSR count). The third kappa shape index (κ3) is 3.65. The fraction of sp³-hybridized carbons (Fsp3) is 0. The van der Waals surface area contributed by atoms with Crippen LogP contribution in [0.2, 0.25) is 0 Å². The van der Waals surface area contributed by atoms with Gasteiger partial charge in [-0.1, -0.05) is 97.1 Å². The molecule has 8 aromatic rings. The number of nitrogens with zero attached hydrogens (tertiary/aromatic N) is 1. The van der Waals surface area contributed by atoms with Crippen LogP contribution < -0.4 is 0 Å². The van der Waals surface area contributed by atoms with Gasteiger partial charge in [0.2, 0.25) is 0 Å². The fourth-order valence-corrected chi connectivity index (χ4v) is 5.88. The maximum absolute atomic E-state index is 6.35. The Morgan fingerprint density at radius 1 is 0.400 bits per heavy atom. The second-order valence-electron chi connectivity index (χ2n) is 10.2. The molecule has 2 heteroatoms. The molecule has 6 aromatic carbocycles. The molecular weight excluding hydrogens is 486 g/mol. The third-order valence-electron chi connectivity index (χ3n) is 7.79. The zero-order valence-corrected chi connectivity index (χ0v) is 21.8. The first-order valence-corrected chi connectivity index (χ1v) is 13.6. The van der Waals surface area contributed by atoms with Crippen LogP contribution in [0.5, 0.6) is 0 Å². The summed E-state index contributed by atoms with van der Waals surface area (Å²) in [6.07, 6.45) is 0. The van der Waals surface area contributed by atoms with Crippen molar-refractivity contribution in [2.24, 2.45) is 0 Å². The number of benzene rings is 6. The van der Waals surface area contributed by atoms with Crippen molar-refractivity contribution in [1.82, 2.24) is 4.57 Å². The van der Waals surface area contributed by atoms with Gasteiger partial charge in [0.15, 0.2) is 5.58 Å². The molecule has 0 aliphatic heterocycles. The summed E-state index contributed by atoms with van der Waals surface area (Å²) in [6, 6.07) is 53.8. The quantitative estimate of drug-likeness (QED) is 0.230. The summed E-state index contributed by atoms with van der Waals surface area (Å²) in [4.78, 5) is 0. The molecule has 0 fully saturated rings. The predicted octanol–water partition coefficient (Wildman–Crippen LogP) is 10.5. The smallest absolute Gasteiger partial charge is 0.161 e. The Morgan fingerprint density at radius 3 is 1.52 bits per heavy atom. The Morgan fingerprint density at radius 2 is 0.900 bits per heavy atom. The van der Waals surface area contributed by atoms with Crippen LogP contribution in [0.15, 0.2) is 156 Å². The van der Waals surface area contributed by atoms with Crippen molar-refractivity contribution in [2.75, 3.05) is 0 Å². The van der Waals surface area contributed by atoms with Crippen LogP contribution in [0, 0.1) is 0 Å². The molecule has 0 spiro atoms. The van der Waals surface area contributed by atoms with E-state index in [0.717, 1.165) is 38.7 Å². The lowest BCUT2D eigenvalue weighted by Gasteiger charge is -2.13. The van der Waals surface area contributed by atoms with Crippen molar-refractivity contribution >= 4 is 33.0 Å². The number of hydrogen-bond donors (Lipinski definition) is 0. The standard InChI is InChI=1S/C38H25NO/c1-3-11-26(12-4-1)29-23-30(27-13-5-2-6-14-27)25-31(24-29)28-19-21-32(22-20-28)39-35-17-9-7-15-33(35)38-37(39)34-16-8-10-18-36(34)40-38/h1-25H. The average molecular weight is 512 g/mol. The van der Waals surface area contributed by atoms with Crippen molar-refractivity contribution in [1.29, 1.82) is 0 Å². The normalized spacial score (nSPS) is 11.5. The Bertz CT molecular complexity index is 2070. The molecule has 0 unspecified atom stereocenters. The Hall–Kier alpha value is -5.34. The minimum absolute atomic E-state index is 0.912. The average Bonchev–Trinajstić information content (AvgIpc) is 3.57. The first-order valence-electron chi connectivity index (χ1n) is 13.6. The second kappa shape index (κ2) is 9.14. The number of aromatic nitrogens is 1. The predicted molar refractivity (Wildman–Crippen MR) is 167 cm³/mol. The van der Waals surface area contributed by atoms with Gasteiger partial charge in [0.05, 0.1) is 5.52 Å². The lowest BCUT2D eigenvalue weighted by atomic mass is 9.93. The van der Waals surface area contributed by atoms with E-state index in [-0.39, 0.29) is 0 Å². The van der Waals surface area contributed by atoms with Crippen molar-refractivity contribution in [2.45, 2.75) is 0 Å². The van der Waals surface area contributed by atoms with Gasteiger partial charge in [0.25, 0.3) is 0 Å². The van der Waals surface area contributed by atoms with E-state index in [1.165, 1.54) is 33.4 Å². The minimum Gasteiger partial charge on any atom is -0.454 e. The lowest BCUT2D eigenvalue weighted by molar-refractivity contribution is 0.673. The Labute approximate surface area is 232 Å². The van der Waals surface area contributed by atoms with E-state index < -0.39 is 0 Å². The SMILES string of the molecule is c1ccc(-c2cc(-c3ccccc3)cc(-c3ccc(-n4c5ccccc5c5oc6ccccc6c54)cc3)c2)cc1. The number of hydrogen-bond acceptors (Lipinski definition) is 1. The van der Waals surface area contributed by atoms with Gasteiger partial charge in [0.1, 0.15) is 11.1 Å². The van der Waals surface area contributed by atoms with Gasteiger partial charge < -0.3 is 8.98 Å². The van der Waals surface area contributed by atoms with E-state index >= 15 is 0 Å². The van der Waals surface area contributed by atoms with Gasteiger partial charge in [-0.3, -0.25) is 0 Å². The highest BCUT2D eigenvalue weighted by Crippen LogP contribution is 2.39. The summed E-state index contributed by atoms with van der Waals surface area (Å²) >= 11 is 0. The highest BCUT2D eigenvalue weighted by Gasteiger charge is 2.19. The lowest BCUT2D eigenvalue weighted by Crippen LogP contribution is -1.94. The molecule has 0 N–H and O–H groups in total. The van der Waals surface area contributed by atoms with E-state index in [2.05, 4.69) is 144 Å². The van der Waals surface area contributed by atoms with Crippen molar-refractivity contribution in [3.8, 4) is 39.1 Å². The molecule has 0 radical (unpaired) electrons. The summed E-state index contributed by atoms with van der Waals surface area (Å²) in [5.41, 5.74) is 12.5. The van der Waals surface area contributed by atoms with E-state index in [1.807, 2.05) is 12.1 Å². The van der Waals surface area contributed by atoms with E-state index in [1.54, 1.807) is 0 Å². The first-order chi connectivity index (χ1) is 19.8.